The van der Waals surface area contributed by atoms with Gasteiger partial charge in [0.25, 0.3) is 0 Å². The van der Waals surface area contributed by atoms with Gasteiger partial charge in [0.1, 0.15) is 0 Å². The second-order valence-corrected chi connectivity index (χ2v) is 7.39. The SMILES string of the molecule is CN=C(NCC(C)(C)C(=O)NC)NC1CCC(C(C)C)CC1.I. The second kappa shape index (κ2) is 10.4. The molecule has 0 radical (unpaired) electrons. The minimum atomic E-state index is -0.457. The minimum absolute atomic E-state index is 0. The first kappa shape index (κ1) is 22.5. The van der Waals surface area contributed by atoms with Gasteiger partial charge in [0, 0.05) is 26.7 Å². The molecule has 5 nitrogen and oxygen atoms in total. The van der Waals surface area contributed by atoms with Crippen LogP contribution in [0.5, 0.6) is 0 Å². The summed E-state index contributed by atoms with van der Waals surface area (Å²) in [5.74, 6) is 2.48. The van der Waals surface area contributed by atoms with Crippen LogP contribution in [0.1, 0.15) is 53.4 Å². The van der Waals surface area contributed by atoms with Crippen LogP contribution in [0.25, 0.3) is 0 Å². The summed E-state index contributed by atoms with van der Waals surface area (Å²) in [5.41, 5.74) is -0.457. The van der Waals surface area contributed by atoms with Gasteiger partial charge in [-0.1, -0.05) is 13.8 Å². The molecule has 0 aromatic heterocycles. The van der Waals surface area contributed by atoms with E-state index in [1.807, 2.05) is 13.8 Å². The lowest BCUT2D eigenvalue weighted by Crippen LogP contribution is -2.50. The van der Waals surface area contributed by atoms with Crippen molar-refractivity contribution in [2.24, 2.45) is 22.2 Å². The molecule has 0 heterocycles. The molecule has 0 bridgehead atoms. The second-order valence-electron chi connectivity index (χ2n) is 7.39. The van der Waals surface area contributed by atoms with E-state index in [1.54, 1.807) is 14.1 Å². The maximum absolute atomic E-state index is 11.8. The van der Waals surface area contributed by atoms with Gasteiger partial charge in [-0.25, -0.2) is 0 Å². The maximum Gasteiger partial charge on any atom is 0.227 e. The summed E-state index contributed by atoms with van der Waals surface area (Å²) in [4.78, 5) is 16.1. The molecule has 23 heavy (non-hydrogen) atoms. The Kier molecular flexibility index (Phi) is 10.1. The number of carbonyl (C=O) groups is 1. The van der Waals surface area contributed by atoms with Crippen molar-refractivity contribution in [2.75, 3.05) is 20.6 Å². The van der Waals surface area contributed by atoms with Crippen molar-refractivity contribution in [3.63, 3.8) is 0 Å². The average molecular weight is 438 g/mol. The summed E-state index contributed by atoms with van der Waals surface area (Å²) in [7, 11) is 3.45. The van der Waals surface area contributed by atoms with E-state index < -0.39 is 5.41 Å². The van der Waals surface area contributed by atoms with Gasteiger partial charge in [0.15, 0.2) is 5.96 Å². The molecule has 0 aliphatic heterocycles. The molecule has 0 aromatic rings. The monoisotopic (exact) mass is 438 g/mol. The summed E-state index contributed by atoms with van der Waals surface area (Å²) < 4.78 is 0. The first-order valence-corrected chi connectivity index (χ1v) is 8.49. The summed E-state index contributed by atoms with van der Waals surface area (Å²) in [5, 5.41) is 9.49. The Morgan fingerprint density at radius 1 is 1.22 bits per heavy atom. The van der Waals surface area contributed by atoms with E-state index in [0.29, 0.717) is 12.6 Å². The Hall–Kier alpha value is -0.530. The van der Waals surface area contributed by atoms with Gasteiger partial charge in [-0.15, -0.1) is 24.0 Å². The molecule has 0 aromatic carbocycles. The predicted octanol–water partition coefficient (Wildman–Crippen LogP) is 2.76. The van der Waals surface area contributed by atoms with E-state index >= 15 is 0 Å². The molecule has 0 spiro atoms. The highest BCUT2D eigenvalue weighted by molar-refractivity contribution is 14.0. The van der Waals surface area contributed by atoms with Crippen molar-refractivity contribution in [2.45, 2.75) is 59.4 Å². The Labute approximate surface area is 158 Å². The van der Waals surface area contributed by atoms with Gasteiger partial charge in [0.2, 0.25) is 5.91 Å². The summed E-state index contributed by atoms with van der Waals surface area (Å²) >= 11 is 0. The van der Waals surface area contributed by atoms with Crippen molar-refractivity contribution >= 4 is 35.8 Å². The lowest BCUT2D eigenvalue weighted by atomic mass is 9.80. The molecule has 1 aliphatic rings. The van der Waals surface area contributed by atoms with Crippen LogP contribution >= 0.6 is 24.0 Å². The highest BCUT2D eigenvalue weighted by Gasteiger charge is 2.27. The number of aliphatic imine (C=N–C) groups is 1. The van der Waals surface area contributed by atoms with E-state index in [-0.39, 0.29) is 29.9 Å². The lowest BCUT2D eigenvalue weighted by Gasteiger charge is -2.32. The zero-order chi connectivity index (χ0) is 16.8. The zero-order valence-electron chi connectivity index (χ0n) is 15.5. The summed E-state index contributed by atoms with van der Waals surface area (Å²) in [6.07, 6.45) is 4.97. The van der Waals surface area contributed by atoms with Gasteiger partial charge in [0.05, 0.1) is 5.41 Å². The number of nitrogens with zero attached hydrogens (tertiary/aromatic N) is 1. The molecule has 0 atom stereocenters. The highest BCUT2D eigenvalue weighted by atomic mass is 127. The van der Waals surface area contributed by atoms with Crippen LogP contribution in [-0.4, -0.2) is 38.5 Å². The van der Waals surface area contributed by atoms with Crippen LogP contribution < -0.4 is 16.0 Å². The number of rotatable bonds is 5. The molecule has 6 heteroatoms. The molecule has 1 fully saturated rings. The normalized spacial score (nSPS) is 22.3. The number of hydrogen-bond donors (Lipinski definition) is 3. The molecule has 1 amide bonds. The van der Waals surface area contributed by atoms with Gasteiger partial charge >= 0.3 is 0 Å². The smallest absolute Gasteiger partial charge is 0.227 e. The molecule has 1 saturated carbocycles. The first-order valence-electron chi connectivity index (χ1n) is 8.49. The van der Waals surface area contributed by atoms with Crippen molar-refractivity contribution in [3.05, 3.63) is 0 Å². The van der Waals surface area contributed by atoms with E-state index in [9.17, 15) is 4.79 Å². The number of amides is 1. The fourth-order valence-corrected chi connectivity index (χ4v) is 3.04. The Morgan fingerprint density at radius 2 is 1.78 bits per heavy atom. The van der Waals surface area contributed by atoms with E-state index in [1.165, 1.54) is 25.7 Å². The number of halogens is 1. The molecular weight excluding hydrogens is 403 g/mol. The average Bonchev–Trinajstić information content (AvgIpc) is 2.50. The number of nitrogens with one attached hydrogen (secondary N) is 3. The topological polar surface area (TPSA) is 65.5 Å². The van der Waals surface area contributed by atoms with E-state index in [2.05, 4.69) is 34.8 Å². The molecule has 0 unspecified atom stereocenters. The molecule has 0 saturated heterocycles. The van der Waals surface area contributed by atoms with E-state index in [4.69, 9.17) is 0 Å². The van der Waals surface area contributed by atoms with Crippen molar-refractivity contribution in [3.8, 4) is 0 Å². The molecule has 1 aliphatic carbocycles. The first-order chi connectivity index (χ1) is 10.3. The highest BCUT2D eigenvalue weighted by Crippen LogP contribution is 2.29. The Bertz CT molecular complexity index is 388. The lowest BCUT2D eigenvalue weighted by molar-refractivity contribution is -0.128. The van der Waals surface area contributed by atoms with Crippen molar-refractivity contribution in [1.29, 1.82) is 0 Å². The van der Waals surface area contributed by atoms with Gasteiger partial charge in [-0.2, -0.15) is 0 Å². The third-order valence-corrected chi connectivity index (χ3v) is 4.82. The van der Waals surface area contributed by atoms with Crippen LogP contribution in [0.2, 0.25) is 0 Å². The number of hydrogen-bond acceptors (Lipinski definition) is 2. The van der Waals surface area contributed by atoms with Crippen LogP contribution in [0, 0.1) is 17.3 Å². The maximum atomic E-state index is 11.8. The standard InChI is InChI=1S/C17H34N4O.HI/c1-12(2)13-7-9-14(10-8-13)21-16(19-6)20-11-17(3,4)15(22)18-5;/h12-14H,7-11H2,1-6H3,(H,18,22)(H2,19,20,21);1H. The third-order valence-electron chi connectivity index (χ3n) is 4.82. The quantitative estimate of drug-likeness (QED) is 0.352. The zero-order valence-corrected chi connectivity index (χ0v) is 17.9. The molecule has 3 N–H and O–H groups in total. The largest absolute Gasteiger partial charge is 0.359 e. The fourth-order valence-electron chi connectivity index (χ4n) is 3.04. The number of carbonyl (C=O) groups excluding carboxylic acids is 1. The van der Waals surface area contributed by atoms with Crippen LogP contribution in [-0.2, 0) is 4.79 Å². The van der Waals surface area contributed by atoms with Crippen LogP contribution in [0.15, 0.2) is 4.99 Å². The van der Waals surface area contributed by atoms with Crippen molar-refractivity contribution in [1.82, 2.24) is 16.0 Å². The summed E-state index contributed by atoms with van der Waals surface area (Å²) in [6.45, 7) is 9.06. The number of guanidine groups is 1. The van der Waals surface area contributed by atoms with E-state index in [0.717, 1.165) is 17.8 Å². The van der Waals surface area contributed by atoms with Crippen LogP contribution in [0.4, 0.5) is 0 Å². The molecular formula is C17H35IN4O. The molecule has 136 valence electrons. The minimum Gasteiger partial charge on any atom is -0.359 e. The predicted molar refractivity (Wildman–Crippen MR) is 108 cm³/mol. The molecule has 1 rings (SSSR count). The van der Waals surface area contributed by atoms with Gasteiger partial charge in [-0.05, 0) is 51.4 Å². The van der Waals surface area contributed by atoms with Gasteiger partial charge in [-0.3, -0.25) is 9.79 Å². The van der Waals surface area contributed by atoms with Crippen molar-refractivity contribution < 1.29 is 4.79 Å². The van der Waals surface area contributed by atoms with Gasteiger partial charge < -0.3 is 16.0 Å². The van der Waals surface area contributed by atoms with Crippen LogP contribution in [0.3, 0.4) is 0 Å². The third kappa shape index (κ3) is 7.27. The Balaban J connectivity index is 0.00000484. The Morgan fingerprint density at radius 3 is 2.22 bits per heavy atom. The summed E-state index contributed by atoms with van der Waals surface area (Å²) in [6, 6.07) is 0.490. The fraction of sp³-hybridized carbons (Fsp3) is 0.882.